The van der Waals surface area contributed by atoms with Gasteiger partial charge >= 0.3 is 0 Å². The van der Waals surface area contributed by atoms with Crippen LogP contribution in [0.3, 0.4) is 0 Å². The Balaban J connectivity index is 1.98. The second-order valence-electron chi connectivity index (χ2n) is 3.07. The number of nitro benzene ring substituents is 1. The molecule has 7 heteroatoms. The van der Waals surface area contributed by atoms with E-state index in [-0.39, 0.29) is 5.69 Å². The highest BCUT2D eigenvalue weighted by Crippen LogP contribution is 2.15. The van der Waals surface area contributed by atoms with Gasteiger partial charge in [-0.25, -0.2) is 9.67 Å². The molecule has 0 bridgehead atoms. The van der Waals surface area contributed by atoms with Crippen molar-refractivity contribution in [3.8, 4) is 0 Å². The summed E-state index contributed by atoms with van der Waals surface area (Å²) in [6.45, 7) is 0.470. The highest BCUT2D eigenvalue weighted by Gasteiger charge is 2.03. The van der Waals surface area contributed by atoms with Gasteiger partial charge in [-0.05, 0) is 12.1 Å². The predicted molar refractivity (Wildman–Crippen MR) is 56.7 cm³/mol. The van der Waals surface area contributed by atoms with Crippen molar-refractivity contribution >= 4 is 11.4 Å². The fourth-order valence-electron chi connectivity index (χ4n) is 1.19. The minimum atomic E-state index is -0.429. The van der Waals surface area contributed by atoms with Crippen LogP contribution in [-0.4, -0.2) is 19.7 Å². The molecule has 7 nitrogen and oxygen atoms in total. The van der Waals surface area contributed by atoms with Gasteiger partial charge in [0.05, 0.1) is 4.92 Å². The molecule has 1 N–H and O–H groups in total. The van der Waals surface area contributed by atoms with E-state index in [0.29, 0.717) is 6.67 Å². The summed E-state index contributed by atoms with van der Waals surface area (Å²) in [5, 5.41) is 17.4. The van der Waals surface area contributed by atoms with E-state index in [9.17, 15) is 10.1 Å². The fraction of sp³-hybridized carbons (Fsp3) is 0.111. The van der Waals surface area contributed by atoms with Crippen molar-refractivity contribution in [3.63, 3.8) is 0 Å². The van der Waals surface area contributed by atoms with E-state index in [1.165, 1.54) is 18.5 Å². The topological polar surface area (TPSA) is 85.9 Å². The first-order chi connectivity index (χ1) is 7.75. The Kier molecular flexibility index (Phi) is 2.77. The standard InChI is InChI=1S/C9H9N5O2/c15-14(16)9-3-1-8(2-4-9)11-7-13-6-10-5-12-13/h1-6,11H,7H2. The van der Waals surface area contributed by atoms with Crippen molar-refractivity contribution in [1.29, 1.82) is 0 Å². The average molecular weight is 219 g/mol. The van der Waals surface area contributed by atoms with Crippen LogP contribution < -0.4 is 5.32 Å². The van der Waals surface area contributed by atoms with Gasteiger partial charge in [-0.3, -0.25) is 10.1 Å². The molecule has 16 heavy (non-hydrogen) atoms. The Morgan fingerprint density at radius 1 is 1.38 bits per heavy atom. The van der Waals surface area contributed by atoms with Crippen LogP contribution in [-0.2, 0) is 6.67 Å². The first kappa shape index (κ1) is 10.1. The SMILES string of the molecule is O=[N+]([O-])c1ccc(NCn2cncn2)cc1. The van der Waals surface area contributed by atoms with Gasteiger partial charge in [-0.2, -0.15) is 5.10 Å². The maximum absolute atomic E-state index is 10.4. The van der Waals surface area contributed by atoms with Crippen LogP contribution in [0.1, 0.15) is 0 Å². The lowest BCUT2D eigenvalue weighted by Gasteiger charge is -2.05. The summed E-state index contributed by atoms with van der Waals surface area (Å²) in [6, 6.07) is 6.19. The lowest BCUT2D eigenvalue weighted by Crippen LogP contribution is -2.08. The summed E-state index contributed by atoms with van der Waals surface area (Å²) in [5.41, 5.74) is 0.868. The average Bonchev–Trinajstić information content (AvgIpc) is 2.80. The minimum absolute atomic E-state index is 0.0753. The summed E-state index contributed by atoms with van der Waals surface area (Å²) in [7, 11) is 0. The van der Waals surface area contributed by atoms with Crippen LogP contribution in [0.4, 0.5) is 11.4 Å². The van der Waals surface area contributed by atoms with Gasteiger partial charge < -0.3 is 5.32 Å². The van der Waals surface area contributed by atoms with E-state index < -0.39 is 4.92 Å². The molecule has 0 aliphatic heterocycles. The molecule has 0 radical (unpaired) electrons. The Bertz CT molecular complexity index is 465. The van der Waals surface area contributed by atoms with E-state index in [1.807, 2.05) is 0 Å². The maximum Gasteiger partial charge on any atom is 0.269 e. The van der Waals surface area contributed by atoms with E-state index in [4.69, 9.17) is 0 Å². The molecular weight excluding hydrogens is 210 g/mol. The number of hydrogen-bond acceptors (Lipinski definition) is 5. The number of non-ortho nitro benzene ring substituents is 1. The fourth-order valence-corrected chi connectivity index (χ4v) is 1.19. The molecule has 0 unspecified atom stereocenters. The van der Waals surface area contributed by atoms with Crippen molar-refractivity contribution in [3.05, 3.63) is 47.0 Å². The Labute approximate surface area is 90.9 Å². The van der Waals surface area contributed by atoms with Gasteiger partial charge in [-0.15, -0.1) is 0 Å². The normalized spacial score (nSPS) is 10.0. The number of nitrogens with one attached hydrogen (secondary N) is 1. The van der Waals surface area contributed by atoms with Crippen LogP contribution in [0.2, 0.25) is 0 Å². The molecule has 2 aromatic rings. The third-order valence-corrected chi connectivity index (χ3v) is 1.99. The number of benzene rings is 1. The van der Waals surface area contributed by atoms with Crippen LogP contribution in [0, 0.1) is 10.1 Å². The van der Waals surface area contributed by atoms with E-state index in [0.717, 1.165) is 5.69 Å². The highest BCUT2D eigenvalue weighted by atomic mass is 16.6. The second kappa shape index (κ2) is 4.39. The highest BCUT2D eigenvalue weighted by molar-refractivity contribution is 5.47. The molecule has 0 saturated carbocycles. The van der Waals surface area contributed by atoms with Gasteiger partial charge in [0, 0.05) is 17.8 Å². The molecule has 0 aliphatic rings. The number of nitrogens with zero attached hydrogens (tertiary/aromatic N) is 4. The van der Waals surface area contributed by atoms with Crippen molar-refractivity contribution in [2.24, 2.45) is 0 Å². The third kappa shape index (κ3) is 2.32. The van der Waals surface area contributed by atoms with Gasteiger partial charge in [0.2, 0.25) is 0 Å². The van der Waals surface area contributed by atoms with E-state index in [2.05, 4.69) is 15.4 Å². The number of anilines is 1. The lowest BCUT2D eigenvalue weighted by atomic mass is 10.3. The van der Waals surface area contributed by atoms with Crippen molar-refractivity contribution in [1.82, 2.24) is 14.8 Å². The molecule has 0 fully saturated rings. The lowest BCUT2D eigenvalue weighted by molar-refractivity contribution is -0.384. The molecule has 0 atom stereocenters. The molecule has 0 saturated heterocycles. The number of nitro groups is 1. The van der Waals surface area contributed by atoms with Crippen LogP contribution >= 0.6 is 0 Å². The molecule has 82 valence electrons. The van der Waals surface area contributed by atoms with Gasteiger partial charge in [-0.1, -0.05) is 0 Å². The summed E-state index contributed by atoms with van der Waals surface area (Å²) >= 11 is 0. The van der Waals surface area contributed by atoms with Gasteiger partial charge in [0.1, 0.15) is 19.3 Å². The van der Waals surface area contributed by atoms with Gasteiger partial charge in [0.25, 0.3) is 5.69 Å². The van der Waals surface area contributed by atoms with Crippen molar-refractivity contribution in [2.75, 3.05) is 5.32 Å². The quantitative estimate of drug-likeness (QED) is 0.617. The maximum atomic E-state index is 10.4. The third-order valence-electron chi connectivity index (χ3n) is 1.99. The number of rotatable bonds is 4. The summed E-state index contributed by atoms with van der Waals surface area (Å²) in [6.07, 6.45) is 3.02. The van der Waals surface area contributed by atoms with Crippen LogP contribution in [0.15, 0.2) is 36.9 Å². The minimum Gasteiger partial charge on any atom is -0.366 e. The smallest absolute Gasteiger partial charge is 0.269 e. The van der Waals surface area contributed by atoms with Crippen LogP contribution in [0.25, 0.3) is 0 Å². The van der Waals surface area contributed by atoms with Gasteiger partial charge in [0.15, 0.2) is 0 Å². The van der Waals surface area contributed by atoms with E-state index >= 15 is 0 Å². The summed E-state index contributed by atoms with van der Waals surface area (Å²) < 4.78 is 1.61. The van der Waals surface area contributed by atoms with Crippen LogP contribution in [0.5, 0.6) is 0 Å². The first-order valence-corrected chi connectivity index (χ1v) is 4.56. The summed E-state index contributed by atoms with van der Waals surface area (Å²) in [5.74, 6) is 0. The zero-order chi connectivity index (χ0) is 11.4. The molecule has 0 spiro atoms. The van der Waals surface area contributed by atoms with Crippen molar-refractivity contribution in [2.45, 2.75) is 6.67 Å². The molecule has 1 heterocycles. The molecule has 0 amide bonds. The summed E-state index contributed by atoms with van der Waals surface area (Å²) in [4.78, 5) is 13.8. The van der Waals surface area contributed by atoms with E-state index in [1.54, 1.807) is 23.1 Å². The monoisotopic (exact) mass is 219 g/mol. The molecule has 1 aromatic carbocycles. The Hall–Kier alpha value is -2.44. The van der Waals surface area contributed by atoms with Crippen molar-refractivity contribution < 1.29 is 4.92 Å². The largest absolute Gasteiger partial charge is 0.366 e. The molecule has 0 aliphatic carbocycles. The molecule has 2 rings (SSSR count). The zero-order valence-electron chi connectivity index (χ0n) is 8.28. The Morgan fingerprint density at radius 3 is 2.69 bits per heavy atom. The second-order valence-corrected chi connectivity index (χ2v) is 3.07. The Morgan fingerprint density at radius 2 is 2.12 bits per heavy atom. The number of hydrogen-bond donors (Lipinski definition) is 1. The predicted octanol–water partition coefficient (Wildman–Crippen LogP) is 1.26. The molecule has 1 aromatic heterocycles. The molecular formula is C9H9N5O2. The number of aromatic nitrogens is 3. The zero-order valence-corrected chi connectivity index (χ0v) is 8.28. The first-order valence-electron chi connectivity index (χ1n) is 4.56.